The summed E-state index contributed by atoms with van der Waals surface area (Å²) in [7, 11) is -2.51. The molecule has 0 aliphatic rings. The highest BCUT2D eigenvalue weighted by Crippen LogP contribution is 2.20. The third-order valence-corrected chi connectivity index (χ3v) is 4.63. The second-order valence-electron chi connectivity index (χ2n) is 3.73. The van der Waals surface area contributed by atoms with Crippen molar-refractivity contribution in [2.75, 3.05) is 13.7 Å². The number of thiazole rings is 1. The lowest BCUT2D eigenvalue weighted by Crippen LogP contribution is -2.28. The topological polar surface area (TPSA) is 85.4 Å². The number of aromatic nitrogens is 1. The first-order valence-corrected chi connectivity index (χ1v) is 7.26. The van der Waals surface area contributed by atoms with Crippen molar-refractivity contribution in [2.24, 2.45) is 5.92 Å². The van der Waals surface area contributed by atoms with E-state index in [-0.39, 0.29) is 15.8 Å². The molecule has 0 spiro atoms. The van der Waals surface area contributed by atoms with E-state index in [2.05, 4.69) is 14.4 Å². The number of sulfonamides is 1. The summed E-state index contributed by atoms with van der Waals surface area (Å²) in [5.41, 5.74) is 1.13. The summed E-state index contributed by atoms with van der Waals surface area (Å²) in [6, 6.07) is 0. The van der Waals surface area contributed by atoms with E-state index in [0.717, 1.165) is 11.3 Å². The Bertz CT molecular complexity index is 493. The number of carbonyl (C=O) groups is 1. The zero-order valence-electron chi connectivity index (χ0n) is 9.76. The largest absolute Gasteiger partial charge is 0.464 e. The van der Waals surface area contributed by atoms with Crippen molar-refractivity contribution < 1.29 is 17.9 Å². The lowest BCUT2D eigenvalue weighted by Gasteiger charge is -2.07. The predicted octanol–water partition coefficient (Wildman–Crippen LogP) is 0.864. The average Bonchev–Trinajstić information content (AvgIpc) is 2.75. The van der Waals surface area contributed by atoms with E-state index < -0.39 is 16.0 Å². The summed E-state index contributed by atoms with van der Waals surface area (Å²) in [6.07, 6.45) is 0. The Morgan fingerprint density at radius 3 is 2.76 bits per heavy atom. The number of ether oxygens (including phenoxy) is 1. The van der Waals surface area contributed by atoms with Crippen LogP contribution in [0.5, 0.6) is 0 Å². The van der Waals surface area contributed by atoms with Crippen LogP contribution in [0.3, 0.4) is 0 Å². The zero-order valence-corrected chi connectivity index (χ0v) is 11.4. The van der Waals surface area contributed by atoms with E-state index in [9.17, 15) is 13.2 Å². The Morgan fingerprint density at radius 2 is 2.24 bits per heavy atom. The molecule has 1 rings (SSSR count). The van der Waals surface area contributed by atoms with Gasteiger partial charge in [-0.25, -0.2) is 22.9 Å². The highest BCUT2D eigenvalue weighted by atomic mass is 32.2. The summed E-state index contributed by atoms with van der Waals surface area (Å²) in [6.45, 7) is 4.08. The predicted molar refractivity (Wildman–Crippen MR) is 63.5 cm³/mol. The quantitative estimate of drug-likeness (QED) is 0.808. The van der Waals surface area contributed by atoms with Gasteiger partial charge in [-0.3, -0.25) is 0 Å². The van der Waals surface area contributed by atoms with Gasteiger partial charge in [-0.1, -0.05) is 13.8 Å². The number of hydrogen-bond donors (Lipinski definition) is 1. The van der Waals surface area contributed by atoms with Crippen molar-refractivity contribution in [2.45, 2.75) is 18.1 Å². The van der Waals surface area contributed by atoms with Gasteiger partial charge in [0.05, 0.1) is 12.6 Å². The number of esters is 1. The van der Waals surface area contributed by atoms with Gasteiger partial charge >= 0.3 is 5.97 Å². The van der Waals surface area contributed by atoms with E-state index >= 15 is 0 Å². The molecule has 0 saturated carbocycles. The van der Waals surface area contributed by atoms with Gasteiger partial charge in [-0.2, -0.15) is 0 Å². The summed E-state index contributed by atoms with van der Waals surface area (Å²) in [5, 5.41) is 0. The molecular weight excluding hydrogens is 264 g/mol. The summed E-state index contributed by atoms with van der Waals surface area (Å²) >= 11 is 0.889. The molecule has 1 heterocycles. The van der Waals surface area contributed by atoms with Crippen LogP contribution in [-0.4, -0.2) is 33.0 Å². The van der Waals surface area contributed by atoms with Gasteiger partial charge in [-0.05, 0) is 5.92 Å². The van der Waals surface area contributed by atoms with E-state index in [1.165, 1.54) is 12.6 Å². The van der Waals surface area contributed by atoms with Crippen LogP contribution in [0.25, 0.3) is 0 Å². The fraction of sp³-hybridized carbons (Fsp3) is 0.556. The van der Waals surface area contributed by atoms with Crippen LogP contribution < -0.4 is 4.72 Å². The van der Waals surface area contributed by atoms with Gasteiger partial charge in [-0.15, -0.1) is 11.3 Å². The van der Waals surface area contributed by atoms with Gasteiger partial charge < -0.3 is 4.74 Å². The fourth-order valence-electron chi connectivity index (χ4n) is 1.00. The third kappa shape index (κ3) is 3.48. The minimum atomic E-state index is -3.69. The molecule has 0 unspecified atom stereocenters. The third-order valence-electron chi connectivity index (χ3n) is 1.84. The molecule has 0 aromatic carbocycles. The van der Waals surface area contributed by atoms with Crippen LogP contribution in [0, 0.1) is 5.92 Å². The maximum atomic E-state index is 11.9. The maximum absolute atomic E-state index is 11.9. The minimum Gasteiger partial charge on any atom is -0.464 e. The molecule has 17 heavy (non-hydrogen) atoms. The lowest BCUT2D eigenvalue weighted by molar-refractivity contribution is 0.0590. The molecule has 0 radical (unpaired) electrons. The minimum absolute atomic E-state index is 0.106. The number of hydrogen-bond acceptors (Lipinski definition) is 6. The molecule has 1 N–H and O–H groups in total. The summed E-state index contributed by atoms with van der Waals surface area (Å²) in [4.78, 5) is 15.0. The Hall–Kier alpha value is -0.990. The molecule has 0 atom stereocenters. The molecule has 8 heteroatoms. The van der Waals surface area contributed by atoms with Crippen LogP contribution in [0.4, 0.5) is 0 Å². The number of rotatable bonds is 5. The Morgan fingerprint density at radius 1 is 1.59 bits per heavy atom. The van der Waals surface area contributed by atoms with E-state index in [0.29, 0.717) is 6.54 Å². The first-order chi connectivity index (χ1) is 7.88. The molecule has 0 aliphatic heterocycles. The molecule has 0 amide bonds. The zero-order chi connectivity index (χ0) is 13.1. The molecule has 0 aliphatic carbocycles. The molecule has 0 fully saturated rings. The average molecular weight is 278 g/mol. The van der Waals surface area contributed by atoms with Crippen LogP contribution in [0.15, 0.2) is 9.72 Å². The molecule has 0 saturated heterocycles. The number of nitrogens with one attached hydrogen (secondary N) is 1. The number of methoxy groups -OCH3 is 1. The molecule has 1 aromatic heterocycles. The van der Waals surface area contributed by atoms with Crippen molar-refractivity contribution in [3.05, 3.63) is 11.2 Å². The highest BCUT2D eigenvalue weighted by Gasteiger charge is 2.26. The Labute approximate surface area is 104 Å². The standard InChI is InChI=1S/C9H14N2O4S2/c1-6(2)4-11-17(13,14)9-7(8(12)15-3)10-5-16-9/h5-6,11H,4H2,1-3H3. The van der Waals surface area contributed by atoms with Crippen LogP contribution >= 0.6 is 11.3 Å². The van der Waals surface area contributed by atoms with Crippen LogP contribution in [0.2, 0.25) is 0 Å². The van der Waals surface area contributed by atoms with E-state index in [1.807, 2.05) is 13.8 Å². The normalized spacial score (nSPS) is 11.8. The Kier molecular flexibility index (Phi) is 4.61. The monoisotopic (exact) mass is 278 g/mol. The van der Waals surface area contributed by atoms with E-state index in [1.54, 1.807) is 0 Å². The lowest BCUT2D eigenvalue weighted by atomic mass is 10.2. The van der Waals surface area contributed by atoms with Gasteiger partial charge in [0.15, 0.2) is 9.90 Å². The second-order valence-corrected chi connectivity index (χ2v) is 6.54. The van der Waals surface area contributed by atoms with Gasteiger partial charge in [0.1, 0.15) is 0 Å². The van der Waals surface area contributed by atoms with Gasteiger partial charge in [0.2, 0.25) is 0 Å². The number of carbonyl (C=O) groups excluding carboxylic acids is 1. The summed E-state index contributed by atoms with van der Waals surface area (Å²) in [5.74, 6) is -0.574. The molecule has 96 valence electrons. The molecule has 1 aromatic rings. The van der Waals surface area contributed by atoms with Crippen molar-refractivity contribution in [3.63, 3.8) is 0 Å². The summed E-state index contributed by atoms with van der Waals surface area (Å²) < 4.78 is 30.6. The number of nitrogens with zero attached hydrogens (tertiary/aromatic N) is 1. The smallest absolute Gasteiger partial charge is 0.358 e. The first kappa shape index (κ1) is 14.1. The van der Waals surface area contributed by atoms with Gasteiger partial charge in [0, 0.05) is 6.54 Å². The first-order valence-electron chi connectivity index (χ1n) is 4.90. The molecule has 0 bridgehead atoms. The van der Waals surface area contributed by atoms with Crippen molar-refractivity contribution in [1.29, 1.82) is 0 Å². The fourth-order valence-corrected chi connectivity index (χ4v) is 3.39. The van der Waals surface area contributed by atoms with Crippen molar-refractivity contribution in [1.82, 2.24) is 9.71 Å². The Balaban J connectivity index is 2.99. The van der Waals surface area contributed by atoms with Crippen molar-refractivity contribution >= 4 is 27.3 Å². The SMILES string of the molecule is COC(=O)c1ncsc1S(=O)(=O)NCC(C)C. The maximum Gasteiger partial charge on any atom is 0.358 e. The molecule has 6 nitrogen and oxygen atoms in total. The van der Waals surface area contributed by atoms with Crippen LogP contribution in [-0.2, 0) is 14.8 Å². The van der Waals surface area contributed by atoms with Crippen LogP contribution in [0.1, 0.15) is 24.3 Å². The van der Waals surface area contributed by atoms with E-state index in [4.69, 9.17) is 0 Å². The van der Waals surface area contributed by atoms with Gasteiger partial charge in [0.25, 0.3) is 10.0 Å². The molecular formula is C9H14N2O4S2. The van der Waals surface area contributed by atoms with Crippen molar-refractivity contribution in [3.8, 4) is 0 Å². The second kappa shape index (κ2) is 5.56. The highest BCUT2D eigenvalue weighted by molar-refractivity contribution is 7.91.